The molecule has 2 aliphatic heterocycles. The fraction of sp³-hybridized carbons (Fsp3) is 0.611. The van der Waals surface area contributed by atoms with Crippen LogP contribution in [0.15, 0.2) is 24.5 Å². The predicted molar refractivity (Wildman–Crippen MR) is 90.7 cm³/mol. The van der Waals surface area contributed by atoms with E-state index in [-0.39, 0.29) is 11.8 Å². The summed E-state index contributed by atoms with van der Waals surface area (Å²) in [6.07, 6.45) is 5.58. The number of hydrogen-bond donors (Lipinski definition) is 2. The van der Waals surface area contributed by atoms with E-state index in [1.54, 1.807) is 12.4 Å². The quantitative estimate of drug-likeness (QED) is 0.822. The van der Waals surface area contributed by atoms with Crippen molar-refractivity contribution in [3.05, 3.63) is 30.1 Å². The van der Waals surface area contributed by atoms with Crippen LogP contribution in [0, 0.1) is 11.8 Å². The fourth-order valence-corrected chi connectivity index (χ4v) is 3.68. The lowest BCUT2D eigenvalue weighted by molar-refractivity contribution is -0.146. The van der Waals surface area contributed by atoms with Crippen LogP contribution in [0.5, 0.6) is 0 Å². The molecule has 0 saturated carbocycles. The van der Waals surface area contributed by atoms with Gasteiger partial charge in [-0.1, -0.05) is 0 Å². The van der Waals surface area contributed by atoms with Crippen molar-refractivity contribution in [2.45, 2.75) is 31.8 Å². The zero-order chi connectivity index (χ0) is 17.6. The van der Waals surface area contributed by atoms with Crippen LogP contribution in [-0.2, 0) is 20.9 Å². The van der Waals surface area contributed by atoms with Crippen LogP contribution >= 0.6 is 0 Å². The number of hydrogen-bond acceptors (Lipinski definition) is 5. The number of amides is 1. The molecule has 3 rings (SSSR count). The van der Waals surface area contributed by atoms with E-state index in [2.05, 4.69) is 15.2 Å². The zero-order valence-corrected chi connectivity index (χ0v) is 14.3. The highest BCUT2D eigenvalue weighted by Gasteiger charge is 2.37. The van der Waals surface area contributed by atoms with E-state index in [0.717, 1.165) is 18.4 Å². The van der Waals surface area contributed by atoms with Crippen molar-refractivity contribution < 1.29 is 19.4 Å². The zero-order valence-electron chi connectivity index (χ0n) is 14.3. The Bertz CT molecular complexity index is 589. The second kappa shape index (κ2) is 8.40. The monoisotopic (exact) mass is 347 g/mol. The summed E-state index contributed by atoms with van der Waals surface area (Å²) in [6.45, 7) is 2.99. The van der Waals surface area contributed by atoms with E-state index < -0.39 is 11.9 Å². The molecule has 3 heterocycles. The van der Waals surface area contributed by atoms with Crippen LogP contribution in [0.2, 0.25) is 0 Å². The van der Waals surface area contributed by atoms with Gasteiger partial charge in [0.2, 0.25) is 5.91 Å². The number of carbonyl (C=O) groups excluding carboxylic acids is 1. The Balaban J connectivity index is 1.61. The Morgan fingerprint density at radius 2 is 1.88 bits per heavy atom. The highest BCUT2D eigenvalue weighted by molar-refractivity contribution is 5.80. The molecule has 0 aliphatic carbocycles. The number of aliphatic carboxylic acids is 1. The maximum absolute atomic E-state index is 12.6. The molecule has 136 valence electrons. The molecule has 1 aromatic heterocycles. The summed E-state index contributed by atoms with van der Waals surface area (Å²) in [7, 11) is 0. The van der Waals surface area contributed by atoms with Gasteiger partial charge in [-0.05, 0) is 37.0 Å². The van der Waals surface area contributed by atoms with Gasteiger partial charge >= 0.3 is 5.97 Å². The number of ether oxygens (including phenoxy) is 1. The minimum atomic E-state index is -0.816. The van der Waals surface area contributed by atoms with Crippen LogP contribution in [0.4, 0.5) is 0 Å². The summed E-state index contributed by atoms with van der Waals surface area (Å²) < 4.78 is 5.40. The van der Waals surface area contributed by atoms with E-state index in [1.165, 1.54) is 0 Å². The number of piperidine rings is 1. The lowest BCUT2D eigenvalue weighted by Gasteiger charge is -2.41. The van der Waals surface area contributed by atoms with Crippen LogP contribution in [0.1, 0.15) is 24.8 Å². The number of carboxylic acid groups (broad SMARTS) is 1. The second-order valence-electron chi connectivity index (χ2n) is 6.84. The number of carboxylic acids is 1. The van der Waals surface area contributed by atoms with Crippen molar-refractivity contribution in [1.29, 1.82) is 0 Å². The molecule has 7 nitrogen and oxygen atoms in total. The molecule has 2 saturated heterocycles. The molecular formula is C18H25N3O4. The van der Waals surface area contributed by atoms with E-state index in [1.807, 2.05) is 12.1 Å². The van der Waals surface area contributed by atoms with Gasteiger partial charge in [0.15, 0.2) is 0 Å². The Morgan fingerprint density at radius 1 is 1.20 bits per heavy atom. The smallest absolute Gasteiger partial charge is 0.307 e. The minimum absolute atomic E-state index is 0.0696. The molecule has 0 spiro atoms. The van der Waals surface area contributed by atoms with Crippen LogP contribution in [-0.4, -0.2) is 59.2 Å². The third kappa shape index (κ3) is 4.76. The molecule has 0 radical (unpaired) electrons. The highest BCUT2D eigenvalue weighted by Crippen LogP contribution is 2.27. The first-order valence-electron chi connectivity index (χ1n) is 8.84. The van der Waals surface area contributed by atoms with E-state index in [4.69, 9.17) is 4.74 Å². The van der Waals surface area contributed by atoms with Crippen molar-refractivity contribution >= 4 is 11.9 Å². The molecule has 2 fully saturated rings. The van der Waals surface area contributed by atoms with Gasteiger partial charge in [-0.25, -0.2) is 0 Å². The molecule has 2 atom stereocenters. The molecule has 2 aliphatic rings. The van der Waals surface area contributed by atoms with Crippen LogP contribution < -0.4 is 5.32 Å². The van der Waals surface area contributed by atoms with E-state index in [9.17, 15) is 14.7 Å². The Morgan fingerprint density at radius 3 is 2.56 bits per heavy atom. The van der Waals surface area contributed by atoms with Crippen molar-refractivity contribution in [2.24, 2.45) is 11.8 Å². The minimum Gasteiger partial charge on any atom is -0.481 e. The highest BCUT2D eigenvalue weighted by atomic mass is 16.5. The first kappa shape index (κ1) is 17.8. The molecule has 2 N–H and O–H groups in total. The first-order chi connectivity index (χ1) is 12.1. The molecule has 25 heavy (non-hydrogen) atoms. The van der Waals surface area contributed by atoms with E-state index in [0.29, 0.717) is 45.3 Å². The average molecular weight is 347 g/mol. The second-order valence-corrected chi connectivity index (χ2v) is 6.84. The number of pyridine rings is 1. The number of carbonyl (C=O) groups is 2. The van der Waals surface area contributed by atoms with Gasteiger partial charge in [-0.3, -0.25) is 19.5 Å². The topological polar surface area (TPSA) is 91.8 Å². The van der Waals surface area contributed by atoms with Crippen molar-refractivity contribution in [3.8, 4) is 0 Å². The standard InChI is InChI=1S/C18H25N3O4/c22-17(20-10-13-1-5-19-6-2-13)14-9-15(18(23)24)12-21(11-14)16-3-7-25-8-4-16/h1-2,5-6,14-16H,3-4,7-12H2,(H,20,22)(H,23,24)/t14-,15+/m0/s1. The van der Waals surface area contributed by atoms with Crippen LogP contribution in [0.3, 0.4) is 0 Å². The van der Waals surface area contributed by atoms with Crippen molar-refractivity contribution in [2.75, 3.05) is 26.3 Å². The van der Waals surface area contributed by atoms with Gasteiger partial charge in [0.25, 0.3) is 0 Å². The summed E-state index contributed by atoms with van der Waals surface area (Å²) in [5.41, 5.74) is 0.982. The fourth-order valence-electron chi connectivity index (χ4n) is 3.68. The van der Waals surface area contributed by atoms with E-state index >= 15 is 0 Å². The Hall–Kier alpha value is -1.99. The molecular weight excluding hydrogens is 322 g/mol. The number of aromatic nitrogens is 1. The van der Waals surface area contributed by atoms with Crippen LogP contribution in [0.25, 0.3) is 0 Å². The molecule has 1 aromatic rings. The molecule has 0 unspecified atom stereocenters. The predicted octanol–water partition coefficient (Wildman–Crippen LogP) is 0.899. The third-order valence-corrected chi connectivity index (χ3v) is 5.12. The summed E-state index contributed by atoms with van der Waals surface area (Å²) in [5.74, 6) is -1.67. The van der Waals surface area contributed by atoms with Gasteiger partial charge in [0, 0.05) is 51.3 Å². The van der Waals surface area contributed by atoms with Gasteiger partial charge < -0.3 is 15.2 Å². The third-order valence-electron chi connectivity index (χ3n) is 5.12. The van der Waals surface area contributed by atoms with Gasteiger partial charge in [0.1, 0.15) is 0 Å². The van der Waals surface area contributed by atoms with Gasteiger partial charge in [0.05, 0.1) is 11.8 Å². The first-order valence-corrected chi connectivity index (χ1v) is 8.84. The molecule has 7 heteroatoms. The summed E-state index contributed by atoms with van der Waals surface area (Å²) in [6, 6.07) is 4.02. The number of likely N-dealkylation sites (tertiary alicyclic amines) is 1. The van der Waals surface area contributed by atoms with Crippen molar-refractivity contribution in [1.82, 2.24) is 15.2 Å². The lowest BCUT2D eigenvalue weighted by Crippen LogP contribution is -2.52. The Kier molecular flexibility index (Phi) is 5.99. The molecule has 0 aromatic carbocycles. The summed E-state index contributed by atoms with van der Waals surface area (Å²) in [5, 5.41) is 12.4. The molecule has 0 bridgehead atoms. The normalized spacial score (nSPS) is 25.4. The Labute approximate surface area is 147 Å². The maximum Gasteiger partial charge on any atom is 0.307 e. The average Bonchev–Trinajstić information content (AvgIpc) is 2.67. The molecule has 1 amide bonds. The van der Waals surface area contributed by atoms with Gasteiger partial charge in [-0.2, -0.15) is 0 Å². The SMILES string of the molecule is O=C(O)[C@@H]1C[C@H](C(=O)NCc2ccncc2)CN(C2CCOCC2)C1. The largest absolute Gasteiger partial charge is 0.481 e. The van der Waals surface area contributed by atoms with Crippen molar-refractivity contribution in [3.63, 3.8) is 0 Å². The number of nitrogens with one attached hydrogen (secondary N) is 1. The summed E-state index contributed by atoms with van der Waals surface area (Å²) >= 11 is 0. The maximum atomic E-state index is 12.6. The van der Waals surface area contributed by atoms with Gasteiger partial charge in [-0.15, -0.1) is 0 Å². The number of nitrogens with zero attached hydrogens (tertiary/aromatic N) is 2. The number of rotatable bonds is 5. The summed E-state index contributed by atoms with van der Waals surface area (Å²) in [4.78, 5) is 30.3. The lowest BCUT2D eigenvalue weighted by atomic mass is 9.86.